The summed E-state index contributed by atoms with van der Waals surface area (Å²) in [5, 5.41) is 0. The largest absolute Gasteiger partial charge is 0.342 e. The maximum absolute atomic E-state index is 12.7. The highest BCUT2D eigenvalue weighted by Gasteiger charge is 2.35. The van der Waals surface area contributed by atoms with Gasteiger partial charge in [0, 0.05) is 37.8 Å². The average molecular weight is 323 g/mol. The third-order valence-corrected chi connectivity index (χ3v) is 5.06. The van der Waals surface area contributed by atoms with E-state index in [1.54, 1.807) is 6.20 Å². The van der Waals surface area contributed by atoms with Crippen molar-refractivity contribution in [1.82, 2.24) is 9.88 Å². The van der Waals surface area contributed by atoms with Gasteiger partial charge in [0.05, 0.1) is 0 Å². The van der Waals surface area contributed by atoms with E-state index < -0.39 is 0 Å². The van der Waals surface area contributed by atoms with E-state index in [-0.39, 0.29) is 11.8 Å². The first kappa shape index (κ1) is 16.7. The smallest absolute Gasteiger partial charge is 0.223 e. The Hall–Kier alpha value is -2.20. The molecule has 0 saturated carbocycles. The van der Waals surface area contributed by atoms with Crippen LogP contribution in [-0.2, 0) is 4.79 Å². The van der Waals surface area contributed by atoms with Gasteiger partial charge in [-0.1, -0.05) is 43.3 Å². The Kier molecular flexibility index (Phi) is 5.26. The molecule has 4 heteroatoms. The average Bonchev–Trinajstić information content (AvgIpc) is 3.08. The standard InChI is InChI=1S/C20H25N3O/c1-15(17-8-5-9-22-12-17)10-20(24)23-13-18(11-21)19(14-23)16-6-3-2-4-7-16/h2-9,12,15,18-19H,10-11,13-14,21H2,1H3/t15?,18-,19+/m1/s1. The summed E-state index contributed by atoms with van der Waals surface area (Å²) in [6.07, 6.45) is 4.12. The highest BCUT2D eigenvalue weighted by atomic mass is 16.2. The van der Waals surface area contributed by atoms with Crippen LogP contribution in [0, 0.1) is 5.92 Å². The molecule has 1 saturated heterocycles. The molecule has 3 rings (SSSR count). The molecule has 126 valence electrons. The second kappa shape index (κ2) is 7.58. The Balaban J connectivity index is 1.66. The molecule has 1 fully saturated rings. The lowest BCUT2D eigenvalue weighted by Gasteiger charge is -2.19. The van der Waals surface area contributed by atoms with Crippen LogP contribution >= 0.6 is 0 Å². The van der Waals surface area contributed by atoms with Crippen LogP contribution in [-0.4, -0.2) is 35.4 Å². The number of carbonyl (C=O) groups is 1. The van der Waals surface area contributed by atoms with E-state index in [0.29, 0.717) is 24.8 Å². The number of nitrogens with two attached hydrogens (primary N) is 1. The number of aromatic nitrogens is 1. The number of hydrogen-bond donors (Lipinski definition) is 1. The maximum atomic E-state index is 12.7. The summed E-state index contributed by atoms with van der Waals surface area (Å²) in [6.45, 7) is 4.22. The summed E-state index contributed by atoms with van der Waals surface area (Å²) >= 11 is 0. The molecule has 1 aromatic heterocycles. The molecular weight excluding hydrogens is 298 g/mol. The molecule has 2 N–H and O–H groups in total. The zero-order chi connectivity index (χ0) is 16.9. The zero-order valence-corrected chi connectivity index (χ0v) is 14.1. The van der Waals surface area contributed by atoms with E-state index in [0.717, 1.165) is 18.7 Å². The normalized spacial score (nSPS) is 21.7. The fourth-order valence-electron chi connectivity index (χ4n) is 3.57. The van der Waals surface area contributed by atoms with Gasteiger partial charge in [0.25, 0.3) is 0 Å². The summed E-state index contributed by atoms with van der Waals surface area (Å²) in [5.74, 6) is 1.07. The van der Waals surface area contributed by atoms with Crippen LogP contribution in [0.25, 0.3) is 0 Å². The van der Waals surface area contributed by atoms with Crippen molar-refractivity contribution in [2.24, 2.45) is 11.7 Å². The number of rotatable bonds is 5. The maximum Gasteiger partial charge on any atom is 0.223 e. The van der Waals surface area contributed by atoms with Gasteiger partial charge < -0.3 is 10.6 Å². The molecule has 0 bridgehead atoms. The number of likely N-dealkylation sites (tertiary alicyclic amines) is 1. The third kappa shape index (κ3) is 3.65. The lowest BCUT2D eigenvalue weighted by atomic mass is 9.89. The third-order valence-electron chi connectivity index (χ3n) is 5.06. The quantitative estimate of drug-likeness (QED) is 0.920. The summed E-state index contributed by atoms with van der Waals surface area (Å²) in [5.41, 5.74) is 8.36. The molecule has 1 aliphatic rings. The number of hydrogen-bond acceptors (Lipinski definition) is 3. The molecule has 0 aliphatic carbocycles. The molecule has 1 aliphatic heterocycles. The van der Waals surface area contributed by atoms with Gasteiger partial charge in [-0.3, -0.25) is 9.78 Å². The fraction of sp³-hybridized carbons (Fsp3) is 0.400. The topological polar surface area (TPSA) is 59.2 Å². The Morgan fingerprint density at radius 3 is 2.71 bits per heavy atom. The molecule has 0 spiro atoms. The van der Waals surface area contributed by atoms with Crippen molar-refractivity contribution in [2.75, 3.05) is 19.6 Å². The van der Waals surface area contributed by atoms with E-state index >= 15 is 0 Å². The summed E-state index contributed by atoms with van der Waals surface area (Å²) in [4.78, 5) is 18.9. The SMILES string of the molecule is CC(CC(=O)N1C[C@@H](CN)[C@H](c2ccccc2)C1)c1cccnc1. The predicted molar refractivity (Wildman–Crippen MR) is 95.6 cm³/mol. The number of amides is 1. The van der Waals surface area contributed by atoms with E-state index in [9.17, 15) is 4.79 Å². The summed E-state index contributed by atoms with van der Waals surface area (Å²) in [7, 11) is 0. The molecular formula is C20H25N3O. The molecule has 1 aromatic carbocycles. The van der Waals surface area contributed by atoms with Crippen molar-refractivity contribution in [1.29, 1.82) is 0 Å². The lowest BCUT2D eigenvalue weighted by Crippen LogP contribution is -2.30. The molecule has 1 unspecified atom stereocenters. The van der Waals surface area contributed by atoms with E-state index in [1.165, 1.54) is 5.56 Å². The minimum atomic E-state index is 0.179. The van der Waals surface area contributed by atoms with Gasteiger partial charge in [-0.15, -0.1) is 0 Å². The first-order chi connectivity index (χ1) is 11.7. The summed E-state index contributed by atoms with van der Waals surface area (Å²) in [6, 6.07) is 14.4. The molecule has 0 radical (unpaired) electrons. The van der Waals surface area contributed by atoms with Crippen molar-refractivity contribution in [3.8, 4) is 0 Å². The first-order valence-corrected chi connectivity index (χ1v) is 8.61. The van der Waals surface area contributed by atoms with Gasteiger partial charge >= 0.3 is 0 Å². The van der Waals surface area contributed by atoms with E-state index in [4.69, 9.17) is 5.73 Å². The van der Waals surface area contributed by atoms with E-state index in [2.05, 4.69) is 36.2 Å². The van der Waals surface area contributed by atoms with Crippen LogP contribution in [0.5, 0.6) is 0 Å². The number of benzene rings is 1. The van der Waals surface area contributed by atoms with Crippen molar-refractivity contribution in [3.63, 3.8) is 0 Å². The molecule has 2 aromatic rings. The second-order valence-electron chi connectivity index (χ2n) is 6.70. The molecule has 1 amide bonds. The Labute approximate surface area is 143 Å². The predicted octanol–water partition coefficient (Wildman–Crippen LogP) is 2.78. The van der Waals surface area contributed by atoms with Gasteiger partial charge in [0.2, 0.25) is 5.91 Å². The highest BCUT2D eigenvalue weighted by molar-refractivity contribution is 5.77. The van der Waals surface area contributed by atoms with Crippen LogP contribution in [0.15, 0.2) is 54.9 Å². The van der Waals surface area contributed by atoms with Crippen LogP contribution in [0.2, 0.25) is 0 Å². The van der Waals surface area contributed by atoms with Gasteiger partial charge in [-0.25, -0.2) is 0 Å². The Bertz CT molecular complexity index is 659. The van der Waals surface area contributed by atoms with Gasteiger partial charge in [-0.2, -0.15) is 0 Å². The molecule has 24 heavy (non-hydrogen) atoms. The number of carbonyl (C=O) groups excluding carboxylic acids is 1. The van der Waals surface area contributed by atoms with Gasteiger partial charge in [-0.05, 0) is 35.6 Å². The number of nitrogens with zero attached hydrogens (tertiary/aromatic N) is 2. The van der Waals surface area contributed by atoms with Crippen molar-refractivity contribution < 1.29 is 4.79 Å². The molecule has 2 heterocycles. The van der Waals surface area contributed by atoms with Gasteiger partial charge in [0.15, 0.2) is 0 Å². The monoisotopic (exact) mass is 323 g/mol. The van der Waals surface area contributed by atoms with Crippen molar-refractivity contribution in [2.45, 2.75) is 25.2 Å². The lowest BCUT2D eigenvalue weighted by molar-refractivity contribution is -0.130. The van der Waals surface area contributed by atoms with Gasteiger partial charge in [0.1, 0.15) is 0 Å². The fourth-order valence-corrected chi connectivity index (χ4v) is 3.57. The van der Waals surface area contributed by atoms with E-state index in [1.807, 2.05) is 29.3 Å². The van der Waals surface area contributed by atoms with Crippen LogP contribution < -0.4 is 5.73 Å². The van der Waals surface area contributed by atoms with Crippen LogP contribution in [0.4, 0.5) is 0 Å². The minimum Gasteiger partial charge on any atom is -0.342 e. The van der Waals surface area contributed by atoms with Crippen molar-refractivity contribution >= 4 is 5.91 Å². The second-order valence-corrected chi connectivity index (χ2v) is 6.70. The Morgan fingerprint density at radius 1 is 1.25 bits per heavy atom. The Morgan fingerprint density at radius 2 is 2.04 bits per heavy atom. The highest BCUT2D eigenvalue weighted by Crippen LogP contribution is 2.33. The molecule has 4 nitrogen and oxygen atoms in total. The van der Waals surface area contributed by atoms with Crippen LogP contribution in [0.1, 0.15) is 36.3 Å². The first-order valence-electron chi connectivity index (χ1n) is 8.61. The summed E-state index contributed by atoms with van der Waals surface area (Å²) < 4.78 is 0. The van der Waals surface area contributed by atoms with Crippen molar-refractivity contribution in [3.05, 3.63) is 66.0 Å². The zero-order valence-electron chi connectivity index (χ0n) is 14.1. The number of pyridine rings is 1. The molecule has 3 atom stereocenters. The minimum absolute atomic E-state index is 0.179. The van der Waals surface area contributed by atoms with Crippen LogP contribution in [0.3, 0.4) is 0 Å².